The zero-order chi connectivity index (χ0) is 14.4. The van der Waals surface area contributed by atoms with E-state index in [0.717, 1.165) is 50.0 Å². The van der Waals surface area contributed by atoms with Gasteiger partial charge in [0.25, 0.3) is 0 Å². The summed E-state index contributed by atoms with van der Waals surface area (Å²) in [5, 5.41) is 3.28. The number of nitrogens with one attached hydrogen (secondary N) is 1. The molecule has 0 saturated heterocycles. The van der Waals surface area contributed by atoms with Gasteiger partial charge in [-0.1, -0.05) is 6.92 Å². The third kappa shape index (κ3) is 4.15. The molecule has 5 heteroatoms. The monoisotopic (exact) mass is 279 g/mol. The van der Waals surface area contributed by atoms with E-state index in [9.17, 15) is 0 Å². The van der Waals surface area contributed by atoms with Gasteiger partial charge >= 0.3 is 6.01 Å². The molecule has 1 aliphatic carbocycles. The summed E-state index contributed by atoms with van der Waals surface area (Å²) < 4.78 is 11.3. The number of rotatable bonds is 6. The van der Waals surface area contributed by atoms with E-state index in [4.69, 9.17) is 9.47 Å². The van der Waals surface area contributed by atoms with Crippen molar-refractivity contribution in [3.8, 4) is 6.01 Å². The Labute approximate surface area is 121 Å². The summed E-state index contributed by atoms with van der Waals surface area (Å²) in [7, 11) is 1.77. The first-order valence-electron chi connectivity index (χ1n) is 7.45. The van der Waals surface area contributed by atoms with Gasteiger partial charge in [-0.2, -0.15) is 0 Å². The molecule has 1 N–H and O–H groups in total. The maximum Gasteiger partial charge on any atom is 0.316 e. The average molecular weight is 279 g/mol. The first kappa shape index (κ1) is 15.2. The van der Waals surface area contributed by atoms with E-state index < -0.39 is 0 Å². The number of hydrogen-bond acceptors (Lipinski definition) is 5. The lowest BCUT2D eigenvalue weighted by atomic mass is 9.95. The van der Waals surface area contributed by atoms with Crippen molar-refractivity contribution >= 4 is 0 Å². The zero-order valence-corrected chi connectivity index (χ0v) is 12.7. The molecular weight excluding hydrogens is 254 g/mol. The van der Waals surface area contributed by atoms with Crippen LogP contribution in [0.5, 0.6) is 6.01 Å². The molecule has 0 amide bonds. The molecule has 0 aromatic carbocycles. The van der Waals surface area contributed by atoms with Gasteiger partial charge in [-0.15, -0.1) is 0 Å². The van der Waals surface area contributed by atoms with Crippen LogP contribution in [0.1, 0.15) is 43.9 Å². The van der Waals surface area contributed by atoms with Crippen LogP contribution in [-0.2, 0) is 11.3 Å². The van der Waals surface area contributed by atoms with E-state index in [2.05, 4.69) is 22.2 Å². The number of aryl methyl sites for hydroxylation is 1. The molecule has 1 aromatic rings. The van der Waals surface area contributed by atoms with Gasteiger partial charge < -0.3 is 14.8 Å². The molecule has 2 rings (SSSR count). The molecule has 1 saturated carbocycles. The second-order valence-electron chi connectivity index (χ2n) is 5.31. The highest BCUT2D eigenvalue weighted by atomic mass is 16.5. The highest BCUT2D eigenvalue weighted by Gasteiger charge is 2.23. The van der Waals surface area contributed by atoms with E-state index in [1.807, 2.05) is 13.1 Å². The van der Waals surface area contributed by atoms with E-state index in [1.54, 1.807) is 7.11 Å². The third-order valence-electron chi connectivity index (χ3n) is 3.81. The summed E-state index contributed by atoms with van der Waals surface area (Å²) in [6.45, 7) is 5.83. The quantitative estimate of drug-likeness (QED) is 0.865. The molecule has 1 aromatic heterocycles. The van der Waals surface area contributed by atoms with Gasteiger partial charge in [-0.05, 0) is 32.7 Å². The van der Waals surface area contributed by atoms with Crippen LogP contribution in [0.25, 0.3) is 0 Å². The summed E-state index contributed by atoms with van der Waals surface area (Å²) in [5.41, 5.74) is 2.10. The van der Waals surface area contributed by atoms with Gasteiger partial charge in [0, 0.05) is 37.5 Å². The predicted molar refractivity (Wildman–Crippen MR) is 77.8 cm³/mol. The summed E-state index contributed by atoms with van der Waals surface area (Å²) in [5.74, 6) is 0. The van der Waals surface area contributed by atoms with Crippen LogP contribution in [0.2, 0.25) is 0 Å². The minimum atomic E-state index is 0.174. The topological polar surface area (TPSA) is 56.3 Å². The molecule has 5 nitrogen and oxygen atoms in total. The summed E-state index contributed by atoms with van der Waals surface area (Å²) in [4.78, 5) is 8.78. The van der Waals surface area contributed by atoms with E-state index >= 15 is 0 Å². The van der Waals surface area contributed by atoms with Crippen LogP contribution in [0, 0.1) is 6.92 Å². The van der Waals surface area contributed by atoms with Gasteiger partial charge in [-0.3, -0.25) is 0 Å². The Hall–Kier alpha value is -1.20. The highest BCUT2D eigenvalue weighted by molar-refractivity contribution is 5.17. The van der Waals surface area contributed by atoms with Crippen LogP contribution in [0.4, 0.5) is 0 Å². The lowest BCUT2D eigenvalue weighted by Crippen LogP contribution is -2.30. The molecule has 112 valence electrons. The number of nitrogens with zero attached hydrogens (tertiary/aromatic N) is 2. The van der Waals surface area contributed by atoms with Crippen molar-refractivity contribution in [2.75, 3.05) is 13.7 Å². The summed E-state index contributed by atoms with van der Waals surface area (Å²) in [6, 6.07) is 0.490. The lowest BCUT2D eigenvalue weighted by molar-refractivity contribution is 0.0178. The maximum absolute atomic E-state index is 5.91. The van der Waals surface area contributed by atoms with Crippen LogP contribution >= 0.6 is 0 Å². The second-order valence-corrected chi connectivity index (χ2v) is 5.31. The van der Waals surface area contributed by atoms with Crippen LogP contribution in [-0.4, -0.2) is 35.8 Å². The van der Waals surface area contributed by atoms with Gasteiger partial charge in [0.2, 0.25) is 0 Å². The van der Waals surface area contributed by atoms with Crippen LogP contribution < -0.4 is 10.1 Å². The van der Waals surface area contributed by atoms with E-state index in [0.29, 0.717) is 12.1 Å². The van der Waals surface area contributed by atoms with Gasteiger partial charge in [-0.25, -0.2) is 9.97 Å². The second kappa shape index (κ2) is 7.55. The van der Waals surface area contributed by atoms with Crippen molar-refractivity contribution in [1.82, 2.24) is 15.3 Å². The molecular formula is C15H25N3O2. The molecule has 0 radical (unpaired) electrons. The van der Waals surface area contributed by atoms with Crippen molar-refractivity contribution < 1.29 is 9.47 Å². The number of aromatic nitrogens is 2. The van der Waals surface area contributed by atoms with Gasteiger partial charge in [0.15, 0.2) is 0 Å². The van der Waals surface area contributed by atoms with E-state index in [-0.39, 0.29) is 6.10 Å². The number of methoxy groups -OCH3 is 1. The van der Waals surface area contributed by atoms with E-state index in [1.165, 1.54) is 0 Å². The molecule has 0 spiro atoms. The van der Waals surface area contributed by atoms with Crippen molar-refractivity contribution in [3.05, 3.63) is 17.5 Å². The first-order valence-corrected chi connectivity index (χ1v) is 7.45. The fourth-order valence-corrected chi connectivity index (χ4v) is 2.53. The minimum absolute atomic E-state index is 0.174. The molecule has 1 aliphatic rings. The zero-order valence-electron chi connectivity index (χ0n) is 12.7. The Morgan fingerprint density at radius 3 is 2.85 bits per heavy atom. The van der Waals surface area contributed by atoms with Crippen molar-refractivity contribution in [2.45, 2.75) is 58.3 Å². The summed E-state index contributed by atoms with van der Waals surface area (Å²) in [6.07, 6.45) is 6.59. The highest BCUT2D eigenvalue weighted by Crippen LogP contribution is 2.24. The SMILES string of the molecule is CCNCc1cnc(OC2CCCC(OC)C2)nc1C. The third-order valence-corrected chi connectivity index (χ3v) is 3.81. The largest absolute Gasteiger partial charge is 0.460 e. The molecule has 2 atom stereocenters. The molecule has 2 unspecified atom stereocenters. The van der Waals surface area contributed by atoms with Crippen molar-refractivity contribution in [3.63, 3.8) is 0 Å². The van der Waals surface area contributed by atoms with Crippen molar-refractivity contribution in [2.24, 2.45) is 0 Å². The first-order chi connectivity index (χ1) is 9.72. The Bertz CT molecular complexity index is 426. The Morgan fingerprint density at radius 2 is 2.15 bits per heavy atom. The minimum Gasteiger partial charge on any atom is -0.460 e. The Balaban J connectivity index is 1.94. The summed E-state index contributed by atoms with van der Waals surface area (Å²) >= 11 is 0. The van der Waals surface area contributed by atoms with Gasteiger partial charge in [0.05, 0.1) is 6.10 Å². The molecule has 0 bridgehead atoms. The molecule has 1 fully saturated rings. The molecule has 0 aliphatic heterocycles. The standard InChI is InChI=1S/C15H25N3O2/c1-4-16-9-12-10-17-15(18-11(12)2)20-14-7-5-6-13(8-14)19-3/h10,13-14,16H,4-9H2,1-3H3. The van der Waals surface area contributed by atoms with Gasteiger partial charge in [0.1, 0.15) is 6.10 Å². The number of hydrogen-bond donors (Lipinski definition) is 1. The fourth-order valence-electron chi connectivity index (χ4n) is 2.53. The Kier molecular flexibility index (Phi) is 5.73. The predicted octanol–water partition coefficient (Wildman–Crippen LogP) is 2.23. The van der Waals surface area contributed by atoms with Crippen molar-refractivity contribution in [1.29, 1.82) is 0 Å². The number of ether oxygens (including phenoxy) is 2. The average Bonchev–Trinajstić information content (AvgIpc) is 2.47. The molecule has 1 heterocycles. The van der Waals surface area contributed by atoms with Crippen LogP contribution in [0.3, 0.4) is 0 Å². The smallest absolute Gasteiger partial charge is 0.316 e. The fraction of sp³-hybridized carbons (Fsp3) is 0.733. The lowest BCUT2D eigenvalue weighted by Gasteiger charge is -2.27. The Morgan fingerprint density at radius 1 is 1.35 bits per heavy atom. The normalized spacial score (nSPS) is 22.8. The molecule has 20 heavy (non-hydrogen) atoms. The van der Waals surface area contributed by atoms with Crippen LogP contribution in [0.15, 0.2) is 6.20 Å². The maximum atomic E-state index is 5.91.